The van der Waals surface area contributed by atoms with Crippen molar-refractivity contribution in [1.29, 1.82) is 5.26 Å². The number of carbonyl (C=O) groups is 1. The summed E-state index contributed by atoms with van der Waals surface area (Å²) in [4.78, 5) is 16.6. The molecular formula is C23H27N3O3. The lowest BCUT2D eigenvalue weighted by Crippen LogP contribution is -2.43. The molecule has 0 spiro atoms. The second-order valence-electron chi connectivity index (χ2n) is 7.16. The van der Waals surface area contributed by atoms with Gasteiger partial charge in [0, 0.05) is 20.1 Å². The number of nitriles is 1. The van der Waals surface area contributed by atoms with Gasteiger partial charge in [-0.15, -0.1) is 0 Å². The Kier molecular flexibility index (Phi) is 6.73. The highest BCUT2D eigenvalue weighted by Gasteiger charge is 2.32. The Hall–Kier alpha value is -3.04. The van der Waals surface area contributed by atoms with E-state index in [0.29, 0.717) is 25.3 Å². The van der Waals surface area contributed by atoms with Crippen molar-refractivity contribution < 1.29 is 14.3 Å². The number of nitrogens with zero attached hydrogens (tertiary/aromatic N) is 3. The van der Waals surface area contributed by atoms with E-state index in [4.69, 9.17) is 14.7 Å². The third-order valence-electron chi connectivity index (χ3n) is 5.41. The third-order valence-corrected chi connectivity index (χ3v) is 5.41. The predicted molar refractivity (Wildman–Crippen MR) is 111 cm³/mol. The number of amides is 1. The lowest BCUT2D eigenvalue weighted by atomic mass is 9.87. The molecule has 0 radical (unpaired) electrons. The van der Waals surface area contributed by atoms with Crippen LogP contribution in [-0.4, -0.2) is 56.6 Å². The topological polar surface area (TPSA) is 65.8 Å². The van der Waals surface area contributed by atoms with Gasteiger partial charge >= 0.3 is 0 Å². The molecule has 1 heterocycles. The molecule has 0 saturated heterocycles. The van der Waals surface area contributed by atoms with Gasteiger partial charge in [-0.2, -0.15) is 5.26 Å². The van der Waals surface area contributed by atoms with Crippen LogP contribution in [0.5, 0.6) is 11.5 Å². The molecular weight excluding hydrogens is 366 g/mol. The lowest BCUT2D eigenvalue weighted by molar-refractivity contribution is -0.131. The summed E-state index contributed by atoms with van der Waals surface area (Å²) in [7, 11) is 5.03. The molecule has 2 aromatic carbocycles. The highest BCUT2D eigenvalue weighted by Crippen LogP contribution is 2.40. The standard InChI is InChI=1S/C23H27N3O3/c1-25(12-7-11-24)22(27)16-26-13-10-18-14-20(28-2)21(29-3)15-19(18)23(26)17-8-5-4-6-9-17/h4-6,8-9,14-15,23H,7,10,12-13,16H2,1-3H3. The molecule has 29 heavy (non-hydrogen) atoms. The number of hydrogen-bond donors (Lipinski definition) is 0. The van der Waals surface area contributed by atoms with Crippen LogP contribution >= 0.6 is 0 Å². The molecule has 2 aromatic rings. The Balaban J connectivity index is 1.96. The van der Waals surface area contributed by atoms with E-state index in [9.17, 15) is 4.79 Å². The van der Waals surface area contributed by atoms with Gasteiger partial charge in [0.1, 0.15) is 0 Å². The first-order chi connectivity index (χ1) is 14.1. The summed E-state index contributed by atoms with van der Waals surface area (Å²) in [5, 5.41) is 8.79. The average Bonchev–Trinajstić information content (AvgIpc) is 2.76. The Labute approximate surface area is 172 Å². The Morgan fingerprint density at radius 3 is 2.55 bits per heavy atom. The van der Waals surface area contributed by atoms with E-state index in [0.717, 1.165) is 29.8 Å². The van der Waals surface area contributed by atoms with Crippen molar-refractivity contribution >= 4 is 5.91 Å². The minimum atomic E-state index is -0.0481. The van der Waals surface area contributed by atoms with Gasteiger partial charge in [-0.3, -0.25) is 9.69 Å². The molecule has 0 fully saturated rings. The van der Waals surface area contributed by atoms with E-state index < -0.39 is 0 Å². The van der Waals surface area contributed by atoms with Crippen molar-refractivity contribution in [2.75, 3.05) is 40.9 Å². The van der Waals surface area contributed by atoms with Gasteiger partial charge in [0.15, 0.2) is 11.5 Å². The Morgan fingerprint density at radius 2 is 1.90 bits per heavy atom. The van der Waals surface area contributed by atoms with Gasteiger partial charge in [0.05, 0.1) is 39.3 Å². The molecule has 6 nitrogen and oxygen atoms in total. The smallest absolute Gasteiger partial charge is 0.236 e. The van der Waals surface area contributed by atoms with E-state index >= 15 is 0 Å². The maximum absolute atomic E-state index is 12.8. The zero-order valence-electron chi connectivity index (χ0n) is 17.2. The van der Waals surface area contributed by atoms with Crippen LogP contribution in [0.3, 0.4) is 0 Å². The normalized spacial score (nSPS) is 15.9. The van der Waals surface area contributed by atoms with E-state index in [-0.39, 0.29) is 11.9 Å². The number of rotatable bonds is 7. The Bertz CT molecular complexity index is 892. The van der Waals surface area contributed by atoms with E-state index in [1.54, 1.807) is 26.2 Å². The zero-order chi connectivity index (χ0) is 20.8. The quantitative estimate of drug-likeness (QED) is 0.723. The van der Waals surface area contributed by atoms with Crippen LogP contribution in [0.4, 0.5) is 0 Å². The molecule has 1 unspecified atom stereocenters. The SMILES string of the molecule is COc1cc2c(cc1OC)C(c1ccccc1)N(CC(=O)N(C)CCC#N)CC2. The van der Waals surface area contributed by atoms with Crippen molar-refractivity contribution in [3.05, 3.63) is 59.2 Å². The average molecular weight is 393 g/mol. The summed E-state index contributed by atoms with van der Waals surface area (Å²) in [6.07, 6.45) is 1.17. The van der Waals surface area contributed by atoms with Crippen LogP contribution in [0.15, 0.2) is 42.5 Å². The van der Waals surface area contributed by atoms with Gasteiger partial charge in [-0.1, -0.05) is 30.3 Å². The largest absolute Gasteiger partial charge is 0.493 e. The van der Waals surface area contributed by atoms with Crippen molar-refractivity contribution in [1.82, 2.24) is 9.80 Å². The molecule has 152 valence electrons. The summed E-state index contributed by atoms with van der Waals surface area (Å²) in [6.45, 7) is 1.51. The second-order valence-corrected chi connectivity index (χ2v) is 7.16. The maximum Gasteiger partial charge on any atom is 0.236 e. The fourth-order valence-corrected chi connectivity index (χ4v) is 3.83. The molecule has 1 aliphatic heterocycles. The monoisotopic (exact) mass is 393 g/mol. The fourth-order valence-electron chi connectivity index (χ4n) is 3.83. The van der Waals surface area contributed by atoms with Crippen LogP contribution in [0.1, 0.15) is 29.2 Å². The number of ether oxygens (including phenoxy) is 2. The number of likely N-dealkylation sites (N-methyl/N-ethyl adjacent to an activating group) is 1. The van der Waals surface area contributed by atoms with Gasteiger partial charge in [0.2, 0.25) is 5.91 Å². The number of hydrogen-bond acceptors (Lipinski definition) is 5. The molecule has 0 aliphatic carbocycles. The first-order valence-corrected chi connectivity index (χ1v) is 9.73. The number of benzene rings is 2. The Morgan fingerprint density at radius 1 is 1.21 bits per heavy atom. The molecule has 1 aliphatic rings. The third kappa shape index (κ3) is 4.52. The van der Waals surface area contributed by atoms with Crippen LogP contribution in [-0.2, 0) is 11.2 Å². The first kappa shape index (κ1) is 20.7. The van der Waals surface area contributed by atoms with Crippen molar-refractivity contribution in [2.45, 2.75) is 18.9 Å². The molecule has 1 atom stereocenters. The summed E-state index contributed by atoms with van der Waals surface area (Å²) in [6, 6.07) is 16.3. The molecule has 1 amide bonds. The molecule has 0 saturated carbocycles. The molecule has 0 N–H and O–H groups in total. The van der Waals surface area contributed by atoms with E-state index in [1.165, 1.54) is 5.56 Å². The van der Waals surface area contributed by atoms with Crippen LogP contribution in [0.25, 0.3) is 0 Å². The predicted octanol–water partition coefficient (Wildman–Crippen LogP) is 3.02. The highest BCUT2D eigenvalue weighted by molar-refractivity contribution is 5.78. The van der Waals surface area contributed by atoms with Gasteiger partial charge in [-0.25, -0.2) is 0 Å². The highest BCUT2D eigenvalue weighted by atomic mass is 16.5. The maximum atomic E-state index is 12.8. The van der Waals surface area contributed by atoms with Gasteiger partial charge in [-0.05, 0) is 35.2 Å². The number of fused-ring (bicyclic) bond motifs is 1. The summed E-state index contributed by atoms with van der Waals surface area (Å²) in [5.74, 6) is 1.43. The number of carbonyl (C=O) groups excluding carboxylic acids is 1. The fraction of sp³-hybridized carbons (Fsp3) is 0.391. The van der Waals surface area contributed by atoms with Crippen molar-refractivity contribution in [2.24, 2.45) is 0 Å². The molecule has 3 rings (SSSR count). The van der Waals surface area contributed by atoms with Crippen molar-refractivity contribution in [3.8, 4) is 17.6 Å². The minimum Gasteiger partial charge on any atom is -0.493 e. The molecule has 0 aromatic heterocycles. The summed E-state index contributed by atoms with van der Waals surface area (Å²) < 4.78 is 11.0. The summed E-state index contributed by atoms with van der Waals surface area (Å²) in [5.41, 5.74) is 3.47. The van der Waals surface area contributed by atoms with E-state index in [1.807, 2.05) is 30.3 Å². The van der Waals surface area contributed by atoms with E-state index in [2.05, 4.69) is 23.1 Å². The summed E-state index contributed by atoms with van der Waals surface area (Å²) >= 11 is 0. The van der Waals surface area contributed by atoms with Crippen LogP contribution in [0.2, 0.25) is 0 Å². The van der Waals surface area contributed by atoms with Crippen LogP contribution < -0.4 is 9.47 Å². The molecule has 0 bridgehead atoms. The minimum absolute atomic E-state index is 0.0186. The zero-order valence-corrected chi connectivity index (χ0v) is 17.2. The van der Waals surface area contributed by atoms with Gasteiger partial charge < -0.3 is 14.4 Å². The lowest BCUT2D eigenvalue weighted by Gasteiger charge is -2.38. The first-order valence-electron chi connectivity index (χ1n) is 9.73. The molecule has 6 heteroatoms. The van der Waals surface area contributed by atoms with Crippen LogP contribution in [0, 0.1) is 11.3 Å². The van der Waals surface area contributed by atoms with Gasteiger partial charge in [0.25, 0.3) is 0 Å². The second kappa shape index (κ2) is 9.44. The number of methoxy groups -OCH3 is 2. The van der Waals surface area contributed by atoms with Crippen molar-refractivity contribution in [3.63, 3.8) is 0 Å².